The lowest BCUT2D eigenvalue weighted by atomic mass is 10.1. The van der Waals surface area contributed by atoms with Gasteiger partial charge < -0.3 is 15.8 Å². The normalized spacial score (nSPS) is 24.9. The van der Waals surface area contributed by atoms with Gasteiger partial charge in [0.2, 0.25) is 5.91 Å². The minimum atomic E-state index is -0.234. The van der Waals surface area contributed by atoms with Crippen molar-refractivity contribution in [2.75, 3.05) is 32.7 Å². The van der Waals surface area contributed by atoms with Gasteiger partial charge in [-0.2, -0.15) is 0 Å². The zero-order valence-corrected chi connectivity index (χ0v) is 10.4. The number of carbonyl (C=O) groups excluding carboxylic acids is 1. The third-order valence-corrected chi connectivity index (χ3v) is 3.59. The van der Waals surface area contributed by atoms with E-state index < -0.39 is 0 Å². The Hall–Kier alpha value is -0.650. The Morgan fingerprint density at radius 1 is 1.18 bits per heavy atom. The lowest BCUT2D eigenvalue weighted by Crippen LogP contribution is -2.43. The molecule has 5 nitrogen and oxygen atoms in total. The minimum absolute atomic E-state index is 0.234. The molecule has 0 unspecified atom stereocenters. The van der Waals surface area contributed by atoms with Crippen molar-refractivity contribution < 1.29 is 9.53 Å². The highest BCUT2D eigenvalue weighted by molar-refractivity contribution is 5.75. The Labute approximate surface area is 103 Å². The van der Waals surface area contributed by atoms with Gasteiger partial charge in [0.05, 0.1) is 18.8 Å². The van der Waals surface area contributed by atoms with Crippen molar-refractivity contribution in [3.63, 3.8) is 0 Å². The predicted octanol–water partition coefficient (Wildman–Crippen LogP) is -0.295. The van der Waals surface area contributed by atoms with Gasteiger partial charge in [0.25, 0.3) is 0 Å². The minimum Gasteiger partial charge on any atom is -0.375 e. The summed E-state index contributed by atoms with van der Waals surface area (Å²) in [5.74, 6) is -0.234. The molecule has 0 saturated carbocycles. The molecule has 2 aliphatic heterocycles. The van der Waals surface area contributed by atoms with E-state index in [0.717, 1.165) is 51.9 Å². The highest BCUT2D eigenvalue weighted by Crippen LogP contribution is 2.18. The van der Waals surface area contributed by atoms with Gasteiger partial charge in [0.1, 0.15) is 0 Å². The van der Waals surface area contributed by atoms with Gasteiger partial charge in [0.15, 0.2) is 0 Å². The van der Waals surface area contributed by atoms with E-state index in [1.807, 2.05) is 0 Å². The number of primary amides is 1. The number of amides is 1. The van der Waals surface area contributed by atoms with Gasteiger partial charge in [0, 0.05) is 13.1 Å². The van der Waals surface area contributed by atoms with Gasteiger partial charge in [-0.25, -0.2) is 0 Å². The van der Waals surface area contributed by atoms with Crippen molar-refractivity contribution in [3.05, 3.63) is 0 Å². The van der Waals surface area contributed by atoms with Crippen molar-refractivity contribution in [3.8, 4) is 0 Å². The van der Waals surface area contributed by atoms with Crippen molar-refractivity contribution in [1.82, 2.24) is 10.2 Å². The summed E-state index contributed by atoms with van der Waals surface area (Å²) in [4.78, 5) is 12.9. The van der Waals surface area contributed by atoms with E-state index in [1.54, 1.807) is 0 Å². The molecule has 2 rings (SSSR count). The molecule has 5 heteroatoms. The van der Waals surface area contributed by atoms with Gasteiger partial charge in [-0.15, -0.1) is 0 Å². The Kier molecular flexibility index (Phi) is 4.76. The number of nitrogens with two attached hydrogens (primary N) is 1. The summed E-state index contributed by atoms with van der Waals surface area (Å²) in [7, 11) is 0. The van der Waals surface area contributed by atoms with Crippen LogP contribution < -0.4 is 11.1 Å². The molecule has 0 spiro atoms. The molecule has 0 aromatic carbocycles. The number of hydrogen-bond donors (Lipinski definition) is 2. The van der Waals surface area contributed by atoms with Gasteiger partial charge in [-0.3, -0.25) is 9.69 Å². The average Bonchev–Trinajstić information content (AvgIpc) is 2.32. The van der Waals surface area contributed by atoms with E-state index in [-0.39, 0.29) is 5.91 Å². The summed E-state index contributed by atoms with van der Waals surface area (Å²) in [6, 6.07) is 0. The van der Waals surface area contributed by atoms with E-state index >= 15 is 0 Å². The first-order valence-corrected chi connectivity index (χ1v) is 6.61. The van der Waals surface area contributed by atoms with E-state index in [0.29, 0.717) is 18.8 Å². The Morgan fingerprint density at radius 3 is 2.35 bits per heavy atom. The van der Waals surface area contributed by atoms with E-state index in [2.05, 4.69) is 10.2 Å². The molecule has 2 saturated heterocycles. The van der Waals surface area contributed by atoms with Crippen LogP contribution in [0, 0.1) is 0 Å². The molecule has 2 aliphatic rings. The lowest BCUT2D eigenvalue weighted by Gasteiger charge is -2.34. The molecule has 0 radical (unpaired) electrons. The number of carbonyl (C=O) groups is 1. The second-order valence-corrected chi connectivity index (χ2v) is 5.03. The van der Waals surface area contributed by atoms with Crippen LogP contribution in [0.2, 0.25) is 0 Å². The summed E-state index contributed by atoms with van der Waals surface area (Å²) in [6.07, 6.45) is 5.11. The molecule has 1 amide bonds. The van der Waals surface area contributed by atoms with Crippen molar-refractivity contribution >= 4 is 5.91 Å². The van der Waals surface area contributed by atoms with Crippen LogP contribution in [0.25, 0.3) is 0 Å². The molecule has 2 heterocycles. The molecule has 2 fully saturated rings. The number of hydrogen-bond acceptors (Lipinski definition) is 4. The monoisotopic (exact) mass is 241 g/mol. The first kappa shape index (κ1) is 12.8. The van der Waals surface area contributed by atoms with Crippen molar-refractivity contribution in [1.29, 1.82) is 0 Å². The molecule has 17 heavy (non-hydrogen) atoms. The summed E-state index contributed by atoms with van der Waals surface area (Å²) in [5, 5.41) is 3.34. The molecule has 0 atom stereocenters. The second-order valence-electron chi connectivity index (χ2n) is 5.03. The molecule has 98 valence electrons. The highest BCUT2D eigenvalue weighted by Gasteiger charge is 2.24. The fourth-order valence-electron chi connectivity index (χ4n) is 2.63. The lowest BCUT2D eigenvalue weighted by molar-refractivity contribution is -0.120. The molecule has 0 aromatic rings. The maximum atomic E-state index is 10.8. The van der Waals surface area contributed by atoms with Crippen LogP contribution in [0.5, 0.6) is 0 Å². The second kappa shape index (κ2) is 6.33. The maximum Gasteiger partial charge on any atom is 0.231 e. The number of piperidine rings is 2. The van der Waals surface area contributed by atoms with Crippen LogP contribution in [0.4, 0.5) is 0 Å². The molecule has 0 aliphatic carbocycles. The number of rotatable bonds is 4. The molecule has 0 bridgehead atoms. The third kappa shape index (κ3) is 4.26. The molecular weight excluding hydrogens is 218 g/mol. The fraction of sp³-hybridized carbons (Fsp3) is 0.917. The molecule has 3 N–H and O–H groups in total. The van der Waals surface area contributed by atoms with E-state index in [4.69, 9.17) is 10.5 Å². The van der Waals surface area contributed by atoms with Gasteiger partial charge >= 0.3 is 0 Å². The van der Waals surface area contributed by atoms with Crippen LogP contribution in [-0.2, 0) is 9.53 Å². The summed E-state index contributed by atoms with van der Waals surface area (Å²) < 4.78 is 6.10. The van der Waals surface area contributed by atoms with E-state index in [9.17, 15) is 4.79 Å². The molecular formula is C12H23N3O2. The average molecular weight is 241 g/mol. The van der Waals surface area contributed by atoms with Gasteiger partial charge in [-0.1, -0.05) is 0 Å². The fourth-order valence-corrected chi connectivity index (χ4v) is 2.63. The maximum absolute atomic E-state index is 10.8. The molecule has 0 aromatic heterocycles. The topological polar surface area (TPSA) is 67.6 Å². The van der Waals surface area contributed by atoms with Crippen LogP contribution in [0.15, 0.2) is 0 Å². The van der Waals surface area contributed by atoms with Crippen LogP contribution in [-0.4, -0.2) is 55.7 Å². The Balaban J connectivity index is 1.66. The number of likely N-dealkylation sites (tertiary alicyclic amines) is 1. The highest BCUT2D eigenvalue weighted by atomic mass is 16.5. The standard InChI is InChI=1S/C12H23N3O2/c13-12(16)9-15-7-3-11(4-8-15)17-10-1-5-14-6-2-10/h10-11,14H,1-9H2,(H2,13,16). The third-order valence-electron chi connectivity index (χ3n) is 3.59. The first-order chi connectivity index (χ1) is 8.24. The number of nitrogens with one attached hydrogen (secondary N) is 1. The zero-order chi connectivity index (χ0) is 12.1. The SMILES string of the molecule is NC(=O)CN1CCC(OC2CCNCC2)CC1. The summed E-state index contributed by atoms with van der Waals surface area (Å²) in [5.41, 5.74) is 5.19. The number of nitrogens with zero attached hydrogens (tertiary/aromatic N) is 1. The zero-order valence-electron chi connectivity index (χ0n) is 10.4. The van der Waals surface area contributed by atoms with Crippen LogP contribution >= 0.6 is 0 Å². The Morgan fingerprint density at radius 2 is 1.76 bits per heavy atom. The summed E-state index contributed by atoms with van der Waals surface area (Å²) >= 11 is 0. The quantitative estimate of drug-likeness (QED) is 0.709. The Bertz CT molecular complexity index is 246. The smallest absolute Gasteiger partial charge is 0.231 e. The van der Waals surface area contributed by atoms with Gasteiger partial charge in [-0.05, 0) is 38.8 Å². The van der Waals surface area contributed by atoms with Crippen LogP contribution in [0.3, 0.4) is 0 Å². The number of ether oxygens (including phenoxy) is 1. The van der Waals surface area contributed by atoms with Crippen molar-refractivity contribution in [2.24, 2.45) is 5.73 Å². The van der Waals surface area contributed by atoms with Crippen molar-refractivity contribution in [2.45, 2.75) is 37.9 Å². The van der Waals surface area contributed by atoms with Crippen LogP contribution in [0.1, 0.15) is 25.7 Å². The largest absolute Gasteiger partial charge is 0.375 e. The first-order valence-electron chi connectivity index (χ1n) is 6.61. The summed E-state index contributed by atoms with van der Waals surface area (Å²) in [6.45, 7) is 4.40. The predicted molar refractivity (Wildman–Crippen MR) is 65.6 cm³/mol. The van der Waals surface area contributed by atoms with E-state index in [1.165, 1.54) is 0 Å².